The summed E-state index contributed by atoms with van der Waals surface area (Å²) < 4.78 is 5.50. The molecule has 6 nitrogen and oxygen atoms in total. The Bertz CT molecular complexity index is 1170. The van der Waals surface area contributed by atoms with Crippen molar-refractivity contribution in [1.82, 2.24) is 5.32 Å². The molecular formula is C66H125NO5. The summed E-state index contributed by atoms with van der Waals surface area (Å²) in [5, 5.41) is 23.1. The second-order valence-corrected chi connectivity index (χ2v) is 22.1. The second kappa shape index (κ2) is 61.6. The van der Waals surface area contributed by atoms with Gasteiger partial charge in [0.15, 0.2) is 0 Å². The number of carbonyl (C=O) groups excluding carboxylic acids is 2. The highest BCUT2D eigenvalue weighted by atomic mass is 16.5. The first kappa shape index (κ1) is 70.1. The number of aliphatic hydroxyl groups is 2. The summed E-state index contributed by atoms with van der Waals surface area (Å²) in [6.07, 6.45) is 77.7. The molecule has 0 rings (SSSR count). The van der Waals surface area contributed by atoms with Crippen LogP contribution in [0.4, 0.5) is 0 Å². The third-order valence-corrected chi connectivity index (χ3v) is 14.9. The van der Waals surface area contributed by atoms with Crippen LogP contribution >= 0.6 is 0 Å². The van der Waals surface area contributed by atoms with Gasteiger partial charge in [-0.15, -0.1) is 0 Å². The SMILES string of the molecule is CCCCCC/C=C\C/C=C\CCCCCCCCCC(=O)OCCCCCCCCCCCCCCCCCCCCCCCCCCC(=O)NC(CO)C(O)/C=C/CCCCCCCCCCCCC. The van der Waals surface area contributed by atoms with E-state index in [2.05, 4.69) is 43.5 Å². The Morgan fingerprint density at radius 2 is 0.694 bits per heavy atom. The molecule has 0 aromatic carbocycles. The number of aliphatic hydroxyl groups excluding tert-OH is 2. The van der Waals surface area contributed by atoms with Crippen molar-refractivity contribution in [2.24, 2.45) is 0 Å². The van der Waals surface area contributed by atoms with Gasteiger partial charge < -0.3 is 20.3 Å². The number of carbonyl (C=O) groups is 2. The molecule has 0 aliphatic carbocycles. The minimum Gasteiger partial charge on any atom is -0.466 e. The van der Waals surface area contributed by atoms with Gasteiger partial charge in [0.1, 0.15) is 0 Å². The van der Waals surface area contributed by atoms with E-state index in [4.69, 9.17) is 4.74 Å². The standard InChI is InChI=1S/C66H125NO5/c1-3-5-7-9-11-13-15-17-18-19-29-32-36-40-44-48-52-56-60-66(71)72-61-57-53-49-45-41-37-33-30-27-25-23-21-20-22-24-26-28-31-35-39-43-47-51-55-59-65(70)67-63(62-68)64(69)58-54-50-46-42-38-34-16-14-12-10-8-6-4-2/h13,15,18-19,54,58,63-64,68-69H,3-12,14,16-17,20-53,55-57,59-62H2,1-2H3,(H,67,70)/b15-13-,19-18-,58-54+. The van der Waals surface area contributed by atoms with Crippen molar-refractivity contribution < 1.29 is 24.5 Å². The first-order chi connectivity index (χ1) is 35.5. The first-order valence-electron chi connectivity index (χ1n) is 32.3. The molecule has 6 heteroatoms. The molecule has 0 aliphatic rings. The van der Waals surface area contributed by atoms with Crippen LogP contribution in [0.15, 0.2) is 36.5 Å². The molecule has 0 saturated heterocycles. The van der Waals surface area contributed by atoms with Gasteiger partial charge in [-0.1, -0.05) is 307 Å². The lowest BCUT2D eigenvalue weighted by atomic mass is 10.0. The van der Waals surface area contributed by atoms with E-state index >= 15 is 0 Å². The van der Waals surface area contributed by atoms with E-state index < -0.39 is 12.1 Å². The molecule has 2 unspecified atom stereocenters. The predicted octanol–water partition coefficient (Wildman–Crippen LogP) is 20.4. The van der Waals surface area contributed by atoms with Crippen LogP contribution in [0.1, 0.15) is 348 Å². The average Bonchev–Trinajstić information content (AvgIpc) is 3.38. The largest absolute Gasteiger partial charge is 0.466 e. The maximum absolute atomic E-state index is 12.5. The molecule has 3 N–H and O–H groups in total. The molecule has 72 heavy (non-hydrogen) atoms. The Labute approximate surface area is 449 Å². The minimum atomic E-state index is -0.843. The summed E-state index contributed by atoms with van der Waals surface area (Å²) in [6.45, 7) is 4.90. The number of unbranched alkanes of at least 4 members (excludes halogenated alkanes) is 45. The van der Waals surface area contributed by atoms with E-state index in [1.807, 2.05) is 6.08 Å². The van der Waals surface area contributed by atoms with Crippen LogP contribution in [-0.4, -0.2) is 47.4 Å². The number of hydrogen-bond acceptors (Lipinski definition) is 5. The lowest BCUT2D eigenvalue weighted by Gasteiger charge is -2.20. The molecule has 0 spiro atoms. The lowest BCUT2D eigenvalue weighted by molar-refractivity contribution is -0.143. The third-order valence-electron chi connectivity index (χ3n) is 14.9. The summed E-state index contributed by atoms with van der Waals surface area (Å²) in [6, 6.07) is -0.626. The molecular weight excluding hydrogens is 887 g/mol. The summed E-state index contributed by atoms with van der Waals surface area (Å²) >= 11 is 0. The van der Waals surface area contributed by atoms with E-state index in [0.29, 0.717) is 19.4 Å². The van der Waals surface area contributed by atoms with E-state index in [9.17, 15) is 19.8 Å². The van der Waals surface area contributed by atoms with Crippen molar-refractivity contribution in [2.75, 3.05) is 13.2 Å². The Morgan fingerprint density at radius 3 is 1.07 bits per heavy atom. The molecule has 424 valence electrons. The van der Waals surface area contributed by atoms with Gasteiger partial charge in [0, 0.05) is 12.8 Å². The number of amides is 1. The van der Waals surface area contributed by atoms with Crippen molar-refractivity contribution in [3.63, 3.8) is 0 Å². The highest BCUT2D eigenvalue weighted by molar-refractivity contribution is 5.76. The normalized spacial score (nSPS) is 12.8. The molecule has 0 fully saturated rings. The van der Waals surface area contributed by atoms with Gasteiger partial charge in [0.2, 0.25) is 5.91 Å². The smallest absolute Gasteiger partial charge is 0.305 e. The average molecular weight is 1010 g/mol. The van der Waals surface area contributed by atoms with Crippen LogP contribution in [0.5, 0.6) is 0 Å². The number of ether oxygens (including phenoxy) is 1. The van der Waals surface area contributed by atoms with Crippen LogP contribution < -0.4 is 5.32 Å². The Morgan fingerprint density at radius 1 is 0.389 bits per heavy atom. The topological polar surface area (TPSA) is 95.9 Å². The quantitative estimate of drug-likeness (QED) is 0.0320. The number of allylic oxidation sites excluding steroid dienone is 5. The Hall–Kier alpha value is -1.92. The minimum absolute atomic E-state index is 0.00773. The maximum Gasteiger partial charge on any atom is 0.305 e. The van der Waals surface area contributed by atoms with Crippen molar-refractivity contribution >= 4 is 11.9 Å². The van der Waals surface area contributed by atoms with Crippen molar-refractivity contribution in [3.8, 4) is 0 Å². The van der Waals surface area contributed by atoms with Crippen molar-refractivity contribution in [3.05, 3.63) is 36.5 Å². The van der Waals surface area contributed by atoms with E-state index in [1.54, 1.807) is 6.08 Å². The van der Waals surface area contributed by atoms with Crippen molar-refractivity contribution in [1.29, 1.82) is 0 Å². The number of nitrogens with one attached hydrogen (secondary N) is 1. The molecule has 0 heterocycles. The van der Waals surface area contributed by atoms with Gasteiger partial charge in [0.05, 0.1) is 25.4 Å². The van der Waals surface area contributed by atoms with Gasteiger partial charge in [-0.3, -0.25) is 9.59 Å². The Balaban J connectivity index is 3.37. The van der Waals surface area contributed by atoms with Crippen LogP contribution in [0.25, 0.3) is 0 Å². The second-order valence-electron chi connectivity index (χ2n) is 22.1. The summed E-state index contributed by atoms with van der Waals surface area (Å²) in [4.78, 5) is 24.5. The van der Waals surface area contributed by atoms with Gasteiger partial charge in [-0.2, -0.15) is 0 Å². The number of esters is 1. The summed E-state index contributed by atoms with van der Waals surface area (Å²) in [5.41, 5.74) is 0. The molecule has 0 saturated carbocycles. The van der Waals surface area contributed by atoms with Crippen molar-refractivity contribution in [2.45, 2.75) is 360 Å². The van der Waals surface area contributed by atoms with E-state index in [1.165, 1.54) is 270 Å². The molecule has 0 aromatic rings. The molecule has 0 radical (unpaired) electrons. The fourth-order valence-corrected chi connectivity index (χ4v) is 9.96. The maximum atomic E-state index is 12.5. The monoisotopic (exact) mass is 1010 g/mol. The zero-order chi connectivity index (χ0) is 52.2. The van der Waals surface area contributed by atoms with Gasteiger partial charge >= 0.3 is 5.97 Å². The van der Waals surface area contributed by atoms with E-state index in [0.717, 1.165) is 51.4 Å². The van der Waals surface area contributed by atoms with E-state index in [-0.39, 0.29) is 18.5 Å². The predicted molar refractivity (Wildman–Crippen MR) is 315 cm³/mol. The summed E-state index contributed by atoms with van der Waals surface area (Å²) in [5.74, 6) is -0.0585. The van der Waals surface area contributed by atoms with Crippen LogP contribution in [-0.2, 0) is 14.3 Å². The third kappa shape index (κ3) is 57.4. The number of hydrogen-bond donors (Lipinski definition) is 3. The fraction of sp³-hybridized carbons (Fsp3) is 0.879. The number of rotatable bonds is 60. The molecule has 1 amide bonds. The van der Waals surface area contributed by atoms with Crippen LogP contribution in [0.3, 0.4) is 0 Å². The molecule has 0 aromatic heterocycles. The van der Waals surface area contributed by atoms with Crippen LogP contribution in [0, 0.1) is 0 Å². The highest BCUT2D eigenvalue weighted by Crippen LogP contribution is 2.18. The Kier molecular flexibility index (Phi) is 60.0. The zero-order valence-corrected chi connectivity index (χ0v) is 48.4. The fourth-order valence-electron chi connectivity index (χ4n) is 9.96. The van der Waals surface area contributed by atoms with Gasteiger partial charge in [-0.05, 0) is 64.2 Å². The molecule has 2 atom stereocenters. The highest BCUT2D eigenvalue weighted by Gasteiger charge is 2.18. The molecule has 0 bridgehead atoms. The first-order valence-corrected chi connectivity index (χ1v) is 32.3. The lowest BCUT2D eigenvalue weighted by Crippen LogP contribution is -2.45. The van der Waals surface area contributed by atoms with Gasteiger partial charge in [-0.25, -0.2) is 0 Å². The zero-order valence-electron chi connectivity index (χ0n) is 48.4. The summed E-state index contributed by atoms with van der Waals surface area (Å²) in [7, 11) is 0. The van der Waals surface area contributed by atoms with Crippen LogP contribution in [0.2, 0.25) is 0 Å². The molecule has 0 aliphatic heterocycles. The van der Waals surface area contributed by atoms with Gasteiger partial charge in [0.25, 0.3) is 0 Å².